The molecule has 0 radical (unpaired) electrons. The molecule has 2 rings (SSSR count). The number of nitrogens with zero attached hydrogens (tertiary/aromatic N) is 2. The monoisotopic (exact) mass is 370 g/mol. The molecule has 8 heteroatoms. The molecular formula is C15H13Cl3N4O. The molecule has 120 valence electrons. The van der Waals surface area contributed by atoms with Crippen LogP contribution in [0.15, 0.2) is 34.5 Å². The van der Waals surface area contributed by atoms with Crippen molar-refractivity contribution < 1.29 is 4.79 Å². The number of amides is 1. The highest BCUT2D eigenvalue weighted by atomic mass is 35.5. The smallest absolute Gasteiger partial charge is 0.221 e. The van der Waals surface area contributed by atoms with Crippen LogP contribution in [0, 0.1) is 6.92 Å². The van der Waals surface area contributed by atoms with Crippen molar-refractivity contribution in [3.63, 3.8) is 0 Å². The van der Waals surface area contributed by atoms with E-state index >= 15 is 0 Å². The first-order valence-corrected chi connectivity index (χ1v) is 7.65. The number of rotatable bonds is 3. The quantitative estimate of drug-likeness (QED) is 0.519. The van der Waals surface area contributed by atoms with Gasteiger partial charge in [-0.3, -0.25) is 4.79 Å². The van der Waals surface area contributed by atoms with Crippen molar-refractivity contribution >= 4 is 63.5 Å². The number of nitrogens with one attached hydrogen (secondary N) is 1. The van der Waals surface area contributed by atoms with Crippen molar-refractivity contribution in [2.45, 2.75) is 13.8 Å². The van der Waals surface area contributed by atoms with Crippen LogP contribution in [0.25, 0.3) is 0 Å². The van der Waals surface area contributed by atoms with Gasteiger partial charge in [-0.25, -0.2) is 0 Å². The number of nitrogens with two attached hydrogens (primary N) is 1. The van der Waals surface area contributed by atoms with Gasteiger partial charge in [0.25, 0.3) is 0 Å². The summed E-state index contributed by atoms with van der Waals surface area (Å²) >= 11 is 18.2. The Balaban J connectivity index is 2.34. The standard InChI is InChI=1S/C15H13Cl3N4O/c1-7-3-13(19)10(16)6-14(7)22-21-9-4-11(17)15(12(18)5-9)20-8(2)23/h3-6H,19H2,1-2H3,(H,20,23)/b22-21+. The molecule has 0 fully saturated rings. The first kappa shape index (κ1) is 17.5. The Morgan fingerprint density at radius 1 is 1.04 bits per heavy atom. The Kier molecular flexibility index (Phi) is 5.46. The summed E-state index contributed by atoms with van der Waals surface area (Å²) in [5.41, 5.74) is 8.41. The number of halogens is 3. The normalized spacial score (nSPS) is 11.0. The lowest BCUT2D eigenvalue weighted by Gasteiger charge is -2.08. The van der Waals surface area contributed by atoms with Crippen molar-refractivity contribution in [1.29, 1.82) is 0 Å². The lowest BCUT2D eigenvalue weighted by atomic mass is 10.2. The summed E-state index contributed by atoms with van der Waals surface area (Å²) in [4.78, 5) is 11.1. The molecule has 0 aromatic heterocycles. The zero-order chi connectivity index (χ0) is 17.1. The highest BCUT2D eigenvalue weighted by Gasteiger charge is 2.10. The summed E-state index contributed by atoms with van der Waals surface area (Å²) in [6, 6.07) is 6.45. The zero-order valence-electron chi connectivity index (χ0n) is 12.3. The number of carbonyl (C=O) groups excluding carboxylic acids is 1. The fourth-order valence-electron chi connectivity index (χ4n) is 1.83. The lowest BCUT2D eigenvalue weighted by Crippen LogP contribution is -2.06. The van der Waals surface area contributed by atoms with E-state index in [1.807, 2.05) is 6.92 Å². The van der Waals surface area contributed by atoms with Crippen LogP contribution in [0.4, 0.5) is 22.7 Å². The van der Waals surface area contributed by atoms with Crippen molar-refractivity contribution in [2.24, 2.45) is 10.2 Å². The van der Waals surface area contributed by atoms with Crippen LogP contribution < -0.4 is 11.1 Å². The van der Waals surface area contributed by atoms with Gasteiger partial charge in [-0.1, -0.05) is 34.8 Å². The third kappa shape index (κ3) is 4.34. The van der Waals surface area contributed by atoms with Gasteiger partial charge in [0.05, 0.1) is 37.8 Å². The third-order valence-corrected chi connectivity index (χ3v) is 3.84. The van der Waals surface area contributed by atoms with E-state index in [9.17, 15) is 4.79 Å². The molecule has 5 nitrogen and oxygen atoms in total. The van der Waals surface area contributed by atoms with E-state index in [0.717, 1.165) is 5.56 Å². The van der Waals surface area contributed by atoms with Gasteiger partial charge in [0, 0.05) is 6.92 Å². The van der Waals surface area contributed by atoms with Crippen LogP contribution in [0.5, 0.6) is 0 Å². The molecule has 23 heavy (non-hydrogen) atoms. The van der Waals surface area contributed by atoms with E-state index in [4.69, 9.17) is 40.5 Å². The maximum absolute atomic E-state index is 11.1. The summed E-state index contributed by atoms with van der Waals surface area (Å²) in [7, 11) is 0. The molecule has 0 saturated heterocycles. The molecule has 0 spiro atoms. The molecule has 0 heterocycles. The third-order valence-electron chi connectivity index (χ3n) is 2.92. The van der Waals surface area contributed by atoms with E-state index in [-0.39, 0.29) is 16.0 Å². The average Bonchev–Trinajstić information content (AvgIpc) is 2.45. The van der Waals surface area contributed by atoms with Gasteiger partial charge in [-0.05, 0) is 36.8 Å². The predicted octanol–water partition coefficient (Wildman–Crippen LogP) is 5.91. The summed E-state index contributed by atoms with van der Waals surface area (Å²) in [6.45, 7) is 3.22. The highest BCUT2D eigenvalue weighted by Crippen LogP contribution is 2.36. The summed E-state index contributed by atoms with van der Waals surface area (Å²) in [5.74, 6) is -0.268. The Hall–Kier alpha value is -1.82. The number of nitrogen functional groups attached to an aromatic ring is 1. The minimum Gasteiger partial charge on any atom is -0.398 e. The maximum atomic E-state index is 11.1. The second-order valence-corrected chi connectivity index (χ2v) is 6.05. The van der Waals surface area contributed by atoms with Gasteiger partial charge in [0.15, 0.2) is 0 Å². The number of azo groups is 1. The highest BCUT2D eigenvalue weighted by molar-refractivity contribution is 6.40. The maximum Gasteiger partial charge on any atom is 0.221 e. The molecule has 0 atom stereocenters. The second kappa shape index (κ2) is 7.17. The number of hydrogen-bond donors (Lipinski definition) is 2. The summed E-state index contributed by atoms with van der Waals surface area (Å²) in [6.07, 6.45) is 0. The Bertz CT molecular complexity index is 783. The average molecular weight is 372 g/mol. The molecule has 2 aromatic rings. The molecule has 0 unspecified atom stereocenters. The fourth-order valence-corrected chi connectivity index (χ4v) is 2.55. The van der Waals surface area contributed by atoms with E-state index < -0.39 is 0 Å². The van der Waals surface area contributed by atoms with Crippen molar-refractivity contribution in [3.05, 3.63) is 44.9 Å². The predicted molar refractivity (Wildman–Crippen MR) is 95.5 cm³/mol. The van der Waals surface area contributed by atoms with E-state index in [0.29, 0.717) is 27.8 Å². The minimum atomic E-state index is -0.268. The van der Waals surface area contributed by atoms with Gasteiger partial charge in [-0.15, -0.1) is 0 Å². The van der Waals surface area contributed by atoms with E-state index in [2.05, 4.69) is 15.5 Å². The van der Waals surface area contributed by atoms with Gasteiger partial charge in [0.2, 0.25) is 5.91 Å². The molecule has 0 aliphatic rings. The Morgan fingerprint density at radius 3 is 2.22 bits per heavy atom. The molecule has 2 aromatic carbocycles. The summed E-state index contributed by atoms with van der Waals surface area (Å²) < 4.78 is 0. The molecule has 0 aliphatic carbocycles. The van der Waals surface area contributed by atoms with Crippen LogP contribution in [-0.4, -0.2) is 5.91 Å². The molecule has 0 bridgehead atoms. The fraction of sp³-hybridized carbons (Fsp3) is 0.133. The largest absolute Gasteiger partial charge is 0.398 e. The minimum absolute atomic E-state index is 0.268. The molecule has 0 saturated carbocycles. The topological polar surface area (TPSA) is 79.8 Å². The number of carbonyl (C=O) groups is 1. The lowest BCUT2D eigenvalue weighted by molar-refractivity contribution is -0.114. The van der Waals surface area contributed by atoms with Gasteiger partial charge in [-0.2, -0.15) is 10.2 Å². The molecule has 0 aliphatic heterocycles. The van der Waals surface area contributed by atoms with Crippen LogP contribution in [0.2, 0.25) is 15.1 Å². The van der Waals surface area contributed by atoms with E-state index in [1.165, 1.54) is 6.92 Å². The van der Waals surface area contributed by atoms with E-state index in [1.54, 1.807) is 24.3 Å². The van der Waals surface area contributed by atoms with Crippen LogP contribution in [0.1, 0.15) is 12.5 Å². The summed E-state index contributed by atoms with van der Waals surface area (Å²) in [5, 5.41) is 11.7. The van der Waals surface area contributed by atoms with Crippen molar-refractivity contribution in [1.82, 2.24) is 0 Å². The van der Waals surface area contributed by atoms with Gasteiger partial charge in [0.1, 0.15) is 0 Å². The number of hydrogen-bond acceptors (Lipinski definition) is 4. The second-order valence-electron chi connectivity index (χ2n) is 4.83. The first-order valence-electron chi connectivity index (χ1n) is 6.52. The van der Waals surface area contributed by atoms with Crippen molar-refractivity contribution in [2.75, 3.05) is 11.1 Å². The van der Waals surface area contributed by atoms with Crippen LogP contribution >= 0.6 is 34.8 Å². The van der Waals surface area contributed by atoms with Crippen molar-refractivity contribution in [3.8, 4) is 0 Å². The Morgan fingerprint density at radius 2 is 1.65 bits per heavy atom. The van der Waals surface area contributed by atoms with Crippen LogP contribution in [-0.2, 0) is 4.79 Å². The van der Waals surface area contributed by atoms with Crippen LogP contribution in [0.3, 0.4) is 0 Å². The van der Waals surface area contributed by atoms with Gasteiger partial charge < -0.3 is 11.1 Å². The number of benzene rings is 2. The molecule has 1 amide bonds. The molecular weight excluding hydrogens is 359 g/mol. The number of anilines is 2. The SMILES string of the molecule is CC(=O)Nc1c(Cl)cc(/N=N/c2cc(Cl)c(N)cc2C)cc1Cl. The molecule has 3 N–H and O–H groups in total. The van der Waals surface area contributed by atoms with Gasteiger partial charge >= 0.3 is 0 Å². The zero-order valence-corrected chi connectivity index (χ0v) is 14.6. The number of aryl methyl sites for hydroxylation is 1. The Labute approximate surface area is 148 Å². The first-order chi connectivity index (χ1) is 10.8.